The Morgan fingerprint density at radius 2 is 2.05 bits per heavy atom. The Balaban J connectivity index is 2.24. The van der Waals surface area contributed by atoms with Crippen LogP contribution in [-0.2, 0) is 11.3 Å². The van der Waals surface area contributed by atoms with Gasteiger partial charge in [-0.15, -0.1) is 0 Å². The Hall–Kier alpha value is -1.01. The Labute approximate surface area is 125 Å². The molecule has 2 heterocycles. The Bertz CT molecular complexity index is 409. The summed E-state index contributed by atoms with van der Waals surface area (Å²) in [7, 11) is 1.67. The zero-order valence-corrected chi connectivity index (χ0v) is 13.5. The summed E-state index contributed by atoms with van der Waals surface area (Å²) in [4.78, 5) is 11.5. The largest absolute Gasteiger partial charge is 0.377 e. The van der Waals surface area contributed by atoms with Crippen molar-refractivity contribution in [2.24, 2.45) is 0 Å². The van der Waals surface area contributed by atoms with E-state index in [-0.39, 0.29) is 0 Å². The fourth-order valence-corrected chi connectivity index (χ4v) is 3.80. The lowest BCUT2D eigenvalue weighted by molar-refractivity contribution is 0.178. The molecule has 2 rings (SSSR count). The molecule has 0 spiro atoms. The molecule has 0 aromatic carbocycles. The molecular formula is C14H24N4OS. The van der Waals surface area contributed by atoms with E-state index >= 15 is 0 Å². The Morgan fingerprint density at radius 3 is 2.65 bits per heavy atom. The number of nitrogens with zero attached hydrogens (tertiary/aromatic N) is 3. The molecule has 1 aliphatic rings. The van der Waals surface area contributed by atoms with Crippen LogP contribution < -0.4 is 10.2 Å². The number of thioether (sulfide) groups is 1. The molecular weight excluding hydrogens is 272 g/mol. The minimum Gasteiger partial charge on any atom is -0.377 e. The molecule has 5 nitrogen and oxygen atoms in total. The van der Waals surface area contributed by atoms with Gasteiger partial charge in [0.25, 0.3) is 0 Å². The SMILES string of the molecule is CCNc1cc(N2CC(C)SC(C)C2)nc(COC)n1. The van der Waals surface area contributed by atoms with E-state index < -0.39 is 0 Å². The van der Waals surface area contributed by atoms with Gasteiger partial charge in [0.15, 0.2) is 5.82 Å². The summed E-state index contributed by atoms with van der Waals surface area (Å²) >= 11 is 2.04. The zero-order valence-electron chi connectivity index (χ0n) is 12.7. The average molecular weight is 296 g/mol. The van der Waals surface area contributed by atoms with Crippen molar-refractivity contribution >= 4 is 23.4 Å². The number of rotatable bonds is 5. The van der Waals surface area contributed by atoms with Crippen LogP contribution >= 0.6 is 11.8 Å². The molecule has 2 unspecified atom stereocenters. The zero-order chi connectivity index (χ0) is 14.5. The van der Waals surface area contributed by atoms with E-state index in [9.17, 15) is 0 Å². The molecule has 0 amide bonds. The van der Waals surface area contributed by atoms with E-state index in [2.05, 4.69) is 41.0 Å². The second-order valence-electron chi connectivity index (χ2n) is 5.15. The van der Waals surface area contributed by atoms with Crippen molar-refractivity contribution in [2.75, 3.05) is 37.0 Å². The van der Waals surface area contributed by atoms with Crippen molar-refractivity contribution in [1.29, 1.82) is 0 Å². The first kappa shape index (κ1) is 15.4. The van der Waals surface area contributed by atoms with Crippen LogP contribution in [0.25, 0.3) is 0 Å². The molecule has 1 saturated heterocycles. The molecule has 1 aromatic rings. The van der Waals surface area contributed by atoms with Crippen molar-refractivity contribution in [3.63, 3.8) is 0 Å². The van der Waals surface area contributed by atoms with Crippen LogP contribution in [-0.4, -0.2) is 47.2 Å². The molecule has 6 heteroatoms. The average Bonchev–Trinajstić information content (AvgIpc) is 2.38. The van der Waals surface area contributed by atoms with Gasteiger partial charge in [0.2, 0.25) is 0 Å². The summed E-state index contributed by atoms with van der Waals surface area (Å²) in [6, 6.07) is 2.04. The number of aromatic nitrogens is 2. The maximum absolute atomic E-state index is 5.17. The topological polar surface area (TPSA) is 50.3 Å². The minimum absolute atomic E-state index is 0.444. The maximum Gasteiger partial charge on any atom is 0.158 e. The third-order valence-corrected chi connectivity index (χ3v) is 4.36. The normalized spacial score (nSPS) is 22.9. The third kappa shape index (κ3) is 3.99. The Kier molecular flexibility index (Phi) is 5.48. The summed E-state index contributed by atoms with van der Waals surface area (Å²) in [5, 5.41) is 4.52. The predicted octanol–water partition coefficient (Wildman–Crippen LogP) is 2.39. The highest BCUT2D eigenvalue weighted by Gasteiger charge is 2.24. The maximum atomic E-state index is 5.17. The van der Waals surface area contributed by atoms with Crippen LogP contribution in [0.3, 0.4) is 0 Å². The lowest BCUT2D eigenvalue weighted by atomic mass is 10.3. The summed E-state index contributed by atoms with van der Waals surface area (Å²) in [5.74, 6) is 2.62. The lowest BCUT2D eigenvalue weighted by Crippen LogP contribution is -2.41. The number of hydrogen-bond acceptors (Lipinski definition) is 6. The molecule has 0 aliphatic carbocycles. The highest BCUT2D eigenvalue weighted by atomic mass is 32.2. The van der Waals surface area contributed by atoms with Gasteiger partial charge in [-0.1, -0.05) is 13.8 Å². The molecule has 0 saturated carbocycles. The smallest absolute Gasteiger partial charge is 0.158 e. The van der Waals surface area contributed by atoms with Gasteiger partial charge >= 0.3 is 0 Å². The van der Waals surface area contributed by atoms with Crippen molar-refractivity contribution in [2.45, 2.75) is 37.9 Å². The fourth-order valence-electron chi connectivity index (χ4n) is 2.48. The molecule has 0 radical (unpaired) electrons. The number of anilines is 2. The summed E-state index contributed by atoms with van der Waals surface area (Å²) in [5.41, 5.74) is 0. The molecule has 0 bridgehead atoms. The van der Waals surface area contributed by atoms with Crippen molar-refractivity contribution < 1.29 is 4.74 Å². The highest BCUT2D eigenvalue weighted by molar-refractivity contribution is 8.00. The van der Waals surface area contributed by atoms with E-state index in [0.717, 1.165) is 37.1 Å². The first-order valence-electron chi connectivity index (χ1n) is 7.13. The third-order valence-electron chi connectivity index (χ3n) is 3.13. The van der Waals surface area contributed by atoms with E-state index in [0.29, 0.717) is 17.1 Å². The van der Waals surface area contributed by atoms with Crippen LogP contribution in [0.1, 0.15) is 26.6 Å². The van der Waals surface area contributed by atoms with Crippen LogP contribution in [0, 0.1) is 0 Å². The van der Waals surface area contributed by atoms with Gasteiger partial charge in [0.1, 0.15) is 18.2 Å². The van der Waals surface area contributed by atoms with Crippen molar-refractivity contribution in [3.05, 3.63) is 11.9 Å². The summed E-state index contributed by atoms with van der Waals surface area (Å²) in [6.45, 7) is 9.98. The quantitative estimate of drug-likeness (QED) is 0.900. The standard InChI is InChI=1S/C14H24N4OS/c1-5-15-12-6-14(17-13(16-12)9-19-4)18-7-10(2)20-11(3)8-18/h6,10-11H,5,7-9H2,1-4H3,(H,15,16,17). The molecule has 1 aliphatic heterocycles. The summed E-state index contributed by atoms with van der Waals surface area (Å²) < 4.78 is 5.17. The number of nitrogens with one attached hydrogen (secondary N) is 1. The van der Waals surface area contributed by atoms with Gasteiger partial charge in [0, 0.05) is 43.3 Å². The van der Waals surface area contributed by atoms with Crippen molar-refractivity contribution in [1.82, 2.24) is 9.97 Å². The lowest BCUT2D eigenvalue weighted by Gasteiger charge is -2.35. The minimum atomic E-state index is 0.444. The fraction of sp³-hybridized carbons (Fsp3) is 0.714. The first-order chi connectivity index (χ1) is 9.62. The summed E-state index contributed by atoms with van der Waals surface area (Å²) in [6.07, 6.45) is 0. The highest BCUT2D eigenvalue weighted by Crippen LogP contribution is 2.28. The molecule has 20 heavy (non-hydrogen) atoms. The molecule has 112 valence electrons. The van der Waals surface area contributed by atoms with Gasteiger partial charge in [-0.25, -0.2) is 9.97 Å². The van der Waals surface area contributed by atoms with Crippen LogP contribution in [0.4, 0.5) is 11.6 Å². The van der Waals surface area contributed by atoms with Crippen LogP contribution in [0.5, 0.6) is 0 Å². The monoisotopic (exact) mass is 296 g/mol. The molecule has 1 fully saturated rings. The van der Waals surface area contributed by atoms with Gasteiger partial charge in [-0.2, -0.15) is 11.8 Å². The predicted molar refractivity (Wildman–Crippen MR) is 85.6 cm³/mol. The number of hydrogen-bond donors (Lipinski definition) is 1. The van der Waals surface area contributed by atoms with E-state index in [1.807, 2.05) is 17.8 Å². The number of ether oxygens (including phenoxy) is 1. The van der Waals surface area contributed by atoms with E-state index in [1.54, 1.807) is 7.11 Å². The number of methoxy groups -OCH3 is 1. The van der Waals surface area contributed by atoms with Gasteiger partial charge in [0.05, 0.1) is 0 Å². The van der Waals surface area contributed by atoms with Crippen LogP contribution in [0.15, 0.2) is 6.07 Å². The second-order valence-corrected chi connectivity index (χ2v) is 7.03. The van der Waals surface area contributed by atoms with Crippen LogP contribution in [0.2, 0.25) is 0 Å². The Morgan fingerprint density at radius 1 is 1.35 bits per heavy atom. The van der Waals surface area contributed by atoms with E-state index in [4.69, 9.17) is 4.74 Å². The second kappa shape index (κ2) is 7.13. The van der Waals surface area contributed by atoms with Gasteiger partial charge < -0.3 is 15.0 Å². The molecule has 1 aromatic heterocycles. The van der Waals surface area contributed by atoms with E-state index in [1.165, 1.54) is 0 Å². The molecule has 1 N–H and O–H groups in total. The first-order valence-corrected chi connectivity index (χ1v) is 8.07. The van der Waals surface area contributed by atoms with Crippen molar-refractivity contribution in [3.8, 4) is 0 Å². The van der Waals surface area contributed by atoms with Gasteiger partial charge in [-0.3, -0.25) is 0 Å². The molecule has 2 atom stereocenters. The van der Waals surface area contributed by atoms with Gasteiger partial charge in [-0.05, 0) is 6.92 Å².